The first-order valence-corrected chi connectivity index (χ1v) is 6.92. The first-order valence-electron chi connectivity index (χ1n) is 6.92. The summed E-state index contributed by atoms with van der Waals surface area (Å²) in [6.07, 6.45) is 8.62. The van der Waals surface area contributed by atoms with Crippen molar-refractivity contribution in [2.75, 3.05) is 6.54 Å². The van der Waals surface area contributed by atoms with Crippen LogP contribution in [0, 0.1) is 14.1 Å². The van der Waals surface area contributed by atoms with Crippen LogP contribution in [0.15, 0.2) is 12.4 Å². The Hall–Kier alpha value is -1.55. The van der Waals surface area contributed by atoms with Gasteiger partial charge in [-0.2, -0.15) is 0 Å². The van der Waals surface area contributed by atoms with E-state index in [4.69, 9.17) is 0 Å². The van der Waals surface area contributed by atoms with Crippen molar-refractivity contribution in [2.24, 2.45) is 0 Å². The third kappa shape index (κ3) is 1.40. The summed E-state index contributed by atoms with van der Waals surface area (Å²) in [6.45, 7) is 1.88. The third-order valence-corrected chi connectivity index (χ3v) is 4.78. The molecular formula is C15H18N4-2. The van der Waals surface area contributed by atoms with Gasteiger partial charge in [-0.05, 0) is 31.3 Å². The maximum Gasteiger partial charge on any atom is 0.0510 e. The Morgan fingerprint density at radius 2 is 1.84 bits per heavy atom. The normalized spacial score (nSPS) is 22.2. The molecule has 3 heterocycles. The molecule has 0 aromatic carbocycles. The second-order valence-electron chi connectivity index (χ2n) is 5.95. The largest absolute Gasteiger partial charge is 0.467 e. The molecule has 1 saturated carbocycles. The average molecular weight is 254 g/mol. The van der Waals surface area contributed by atoms with E-state index in [-0.39, 0.29) is 5.41 Å². The van der Waals surface area contributed by atoms with Crippen molar-refractivity contribution in [3.63, 3.8) is 0 Å². The molecule has 0 unspecified atom stereocenters. The second-order valence-corrected chi connectivity index (χ2v) is 5.95. The van der Waals surface area contributed by atoms with Gasteiger partial charge >= 0.3 is 0 Å². The Bertz CT molecular complexity index is 637. The van der Waals surface area contributed by atoms with E-state index in [0.29, 0.717) is 0 Å². The van der Waals surface area contributed by atoms with E-state index in [1.165, 1.54) is 36.9 Å². The van der Waals surface area contributed by atoms with Crippen LogP contribution in [-0.4, -0.2) is 26.0 Å². The number of fused-ring (bicyclic) bond motifs is 4. The number of hydrogen-bond acceptors (Lipinski definition) is 3. The zero-order valence-electron chi connectivity index (χ0n) is 11.1. The van der Waals surface area contributed by atoms with Crippen LogP contribution in [0.2, 0.25) is 0 Å². The third-order valence-electron chi connectivity index (χ3n) is 4.78. The molecule has 0 saturated heterocycles. The van der Waals surface area contributed by atoms with Crippen LogP contribution in [0.5, 0.6) is 0 Å². The summed E-state index contributed by atoms with van der Waals surface area (Å²) < 4.78 is 1.97. The molecule has 100 valence electrons. The van der Waals surface area contributed by atoms with Crippen molar-refractivity contribution in [3.8, 4) is 0 Å². The van der Waals surface area contributed by atoms with Crippen molar-refractivity contribution in [1.82, 2.24) is 19.4 Å². The lowest BCUT2D eigenvalue weighted by molar-refractivity contribution is 0.231. The van der Waals surface area contributed by atoms with E-state index in [2.05, 4.69) is 29.0 Å². The predicted octanol–water partition coefficient (Wildman–Crippen LogP) is 2.49. The van der Waals surface area contributed by atoms with Gasteiger partial charge in [-0.15, -0.1) is 7.05 Å². The van der Waals surface area contributed by atoms with E-state index in [1.807, 2.05) is 4.57 Å². The minimum absolute atomic E-state index is 0.229. The molecule has 1 spiro atoms. The van der Waals surface area contributed by atoms with Gasteiger partial charge in [0.1, 0.15) is 0 Å². The van der Waals surface area contributed by atoms with E-state index < -0.39 is 0 Å². The Morgan fingerprint density at radius 3 is 2.63 bits per heavy atom. The van der Waals surface area contributed by atoms with Crippen LogP contribution in [-0.2, 0) is 12.0 Å². The Balaban J connectivity index is 2.06. The highest BCUT2D eigenvalue weighted by molar-refractivity contribution is 5.80. The molecule has 0 bridgehead atoms. The maximum absolute atomic E-state index is 4.60. The molecule has 2 aromatic rings. The Morgan fingerprint density at radius 1 is 1.11 bits per heavy atom. The summed E-state index contributed by atoms with van der Waals surface area (Å²) in [7, 11) is 8.35. The molecule has 0 atom stereocenters. The number of nitrogens with zero attached hydrogens (tertiary/aromatic N) is 4. The first-order chi connectivity index (χ1) is 9.21. The number of hydrogen-bond donors (Lipinski definition) is 0. The van der Waals surface area contributed by atoms with E-state index >= 15 is 0 Å². The molecule has 19 heavy (non-hydrogen) atoms. The van der Waals surface area contributed by atoms with Crippen molar-refractivity contribution < 1.29 is 0 Å². The molecule has 2 aromatic heterocycles. The highest BCUT2D eigenvalue weighted by Crippen LogP contribution is 2.48. The lowest BCUT2D eigenvalue weighted by atomic mass is 9.75. The van der Waals surface area contributed by atoms with Gasteiger partial charge in [0.15, 0.2) is 0 Å². The smallest absolute Gasteiger partial charge is 0.0510 e. The van der Waals surface area contributed by atoms with Gasteiger partial charge in [0.2, 0.25) is 0 Å². The van der Waals surface area contributed by atoms with E-state index in [0.717, 1.165) is 24.3 Å². The molecule has 4 rings (SSSR count). The van der Waals surface area contributed by atoms with Gasteiger partial charge in [-0.3, -0.25) is 17.0 Å². The monoisotopic (exact) mass is 254 g/mol. The Labute approximate surface area is 113 Å². The van der Waals surface area contributed by atoms with Gasteiger partial charge < -0.3 is 9.47 Å². The SMILES string of the molecule is [CH2-]N1Cc2c(c3nccnc3n2[CH2-])C2(CCCC2)C1. The minimum atomic E-state index is 0.229. The summed E-state index contributed by atoms with van der Waals surface area (Å²) in [6, 6.07) is 0. The number of aromatic nitrogens is 3. The highest BCUT2D eigenvalue weighted by Gasteiger charge is 2.40. The van der Waals surface area contributed by atoms with E-state index in [1.54, 1.807) is 12.4 Å². The lowest BCUT2D eigenvalue weighted by Gasteiger charge is -2.46. The van der Waals surface area contributed by atoms with Crippen LogP contribution in [0.4, 0.5) is 0 Å². The predicted molar refractivity (Wildman–Crippen MR) is 74.2 cm³/mol. The first kappa shape index (κ1) is 11.3. The lowest BCUT2D eigenvalue weighted by Crippen LogP contribution is -2.41. The quantitative estimate of drug-likeness (QED) is 0.677. The van der Waals surface area contributed by atoms with Crippen LogP contribution >= 0.6 is 0 Å². The zero-order valence-corrected chi connectivity index (χ0v) is 11.1. The fourth-order valence-corrected chi connectivity index (χ4v) is 4.06. The molecule has 1 aliphatic carbocycles. The summed E-state index contributed by atoms with van der Waals surface area (Å²) in [5.74, 6) is 0. The highest BCUT2D eigenvalue weighted by atomic mass is 15.2. The van der Waals surface area contributed by atoms with Gasteiger partial charge in [0.05, 0.1) is 5.65 Å². The van der Waals surface area contributed by atoms with Gasteiger partial charge in [-0.25, -0.2) is 0 Å². The molecule has 0 N–H and O–H groups in total. The van der Waals surface area contributed by atoms with Crippen LogP contribution in [0.1, 0.15) is 36.9 Å². The molecule has 1 fully saturated rings. The summed E-state index contributed by atoms with van der Waals surface area (Å²) in [5, 5.41) is 0. The van der Waals surface area contributed by atoms with Crippen molar-refractivity contribution in [2.45, 2.75) is 37.6 Å². The van der Waals surface area contributed by atoms with Crippen LogP contribution in [0.25, 0.3) is 11.2 Å². The molecule has 4 nitrogen and oxygen atoms in total. The van der Waals surface area contributed by atoms with Crippen LogP contribution < -0.4 is 0 Å². The van der Waals surface area contributed by atoms with Crippen molar-refractivity contribution in [3.05, 3.63) is 37.7 Å². The van der Waals surface area contributed by atoms with Gasteiger partial charge in [0.25, 0.3) is 0 Å². The maximum atomic E-state index is 4.60. The van der Waals surface area contributed by atoms with Gasteiger partial charge in [0, 0.05) is 17.9 Å². The van der Waals surface area contributed by atoms with E-state index in [9.17, 15) is 0 Å². The summed E-state index contributed by atoms with van der Waals surface area (Å²) in [5.41, 5.74) is 4.86. The minimum Gasteiger partial charge on any atom is -0.467 e. The second kappa shape index (κ2) is 3.73. The van der Waals surface area contributed by atoms with Crippen LogP contribution in [0.3, 0.4) is 0 Å². The Kier molecular flexibility index (Phi) is 2.22. The fraction of sp³-hybridized carbons (Fsp3) is 0.467. The molecule has 2 aliphatic rings. The molecule has 0 amide bonds. The number of rotatable bonds is 0. The fourth-order valence-electron chi connectivity index (χ4n) is 4.06. The van der Waals surface area contributed by atoms with Crippen molar-refractivity contribution >= 4 is 11.2 Å². The molecule has 0 radical (unpaired) electrons. The standard InChI is InChI=1S/C15H18N4/c1-18-9-11-12(15(10-18)5-3-4-6-15)13-14(19(11)2)17-8-7-16-13/h7-8H,1-6,9-10H2/q-2. The molecular weight excluding hydrogens is 236 g/mol. The van der Waals surface area contributed by atoms with Gasteiger partial charge in [-0.1, -0.05) is 24.1 Å². The van der Waals surface area contributed by atoms with Crippen molar-refractivity contribution in [1.29, 1.82) is 0 Å². The summed E-state index contributed by atoms with van der Waals surface area (Å²) >= 11 is 0. The average Bonchev–Trinajstić information content (AvgIpc) is 2.96. The summed E-state index contributed by atoms with van der Waals surface area (Å²) in [4.78, 5) is 11.2. The zero-order chi connectivity index (χ0) is 13.0. The molecule has 4 heteroatoms. The molecule has 1 aliphatic heterocycles. The topological polar surface area (TPSA) is 34.0 Å².